The summed E-state index contributed by atoms with van der Waals surface area (Å²) in [7, 11) is -2.59. The first-order valence-electron chi connectivity index (χ1n) is 11.1. The summed E-state index contributed by atoms with van der Waals surface area (Å²) in [5, 5.41) is 3.03. The molecule has 4 rings (SSSR count). The Morgan fingerprint density at radius 1 is 0.771 bits per heavy atom. The predicted octanol–water partition coefficient (Wildman–Crippen LogP) is 4.80. The summed E-state index contributed by atoms with van der Waals surface area (Å²) in [5.74, 6) is -0.101. The molecule has 0 aliphatic carbocycles. The lowest BCUT2D eigenvalue weighted by molar-refractivity contribution is -0.120. The van der Waals surface area contributed by atoms with Crippen LogP contribution in [0.5, 0.6) is 5.75 Å². The van der Waals surface area contributed by atoms with Crippen molar-refractivity contribution in [3.63, 3.8) is 0 Å². The van der Waals surface area contributed by atoms with Crippen molar-refractivity contribution >= 4 is 21.6 Å². The molecule has 0 aromatic heterocycles. The Labute approximate surface area is 205 Å². The Morgan fingerprint density at radius 2 is 1.26 bits per heavy atom. The Balaban J connectivity index is 1.70. The largest absolute Gasteiger partial charge is 0.495 e. The van der Waals surface area contributed by atoms with Gasteiger partial charge in [-0.3, -0.25) is 9.10 Å². The molecule has 0 heterocycles. The molecule has 178 valence electrons. The Hall–Kier alpha value is -4.10. The number of hydrogen-bond acceptors (Lipinski definition) is 4. The van der Waals surface area contributed by atoms with Crippen LogP contribution in [0.2, 0.25) is 0 Å². The molecule has 6 nitrogen and oxygen atoms in total. The van der Waals surface area contributed by atoms with Gasteiger partial charge in [0.05, 0.1) is 23.7 Å². The van der Waals surface area contributed by atoms with Gasteiger partial charge in [0, 0.05) is 0 Å². The summed E-state index contributed by atoms with van der Waals surface area (Å²) in [6.07, 6.45) is 0. The number of benzene rings is 4. The molecule has 0 radical (unpaired) electrons. The van der Waals surface area contributed by atoms with Crippen molar-refractivity contribution in [3.8, 4) is 5.75 Å². The van der Waals surface area contributed by atoms with Crippen LogP contribution in [0.1, 0.15) is 17.2 Å². The third kappa shape index (κ3) is 5.53. The first kappa shape index (κ1) is 24.0. The van der Waals surface area contributed by atoms with Gasteiger partial charge in [0.25, 0.3) is 10.0 Å². The van der Waals surface area contributed by atoms with E-state index in [0.29, 0.717) is 5.75 Å². The highest BCUT2D eigenvalue weighted by molar-refractivity contribution is 7.92. The van der Waals surface area contributed by atoms with E-state index in [1.54, 1.807) is 42.5 Å². The molecule has 0 saturated heterocycles. The van der Waals surface area contributed by atoms with Crippen LogP contribution in [0.3, 0.4) is 0 Å². The van der Waals surface area contributed by atoms with Crippen molar-refractivity contribution < 1.29 is 17.9 Å². The van der Waals surface area contributed by atoms with Gasteiger partial charge in [-0.25, -0.2) is 8.42 Å². The van der Waals surface area contributed by atoms with Gasteiger partial charge in [0.15, 0.2) is 0 Å². The van der Waals surface area contributed by atoms with E-state index in [1.165, 1.54) is 19.2 Å². The fraction of sp³-hybridized carbons (Fsp3) is 0.107. The fourth-order valence-corrected chi connectivity index (χ4v) is 5.29. The standard InChI is InChI=1S/C28H26N2O4S/c1-34-26-20-12-11-19-25(26)30(35(32,33)24-17-9-4-10-18-24)21-27(31)29-28(22-13-5-2-6-14-22)23-15-7-3-8-16-23/h2-20,28H,21H2,1H3,(H,29,31). The minimum atomic E-state index is -4.05. The molecule has 0 fully saturated rings. The maximum Gasteiger partial charge on any atom is 0.264 e. The lowest BCUT2D eigenvalue weighted by atomic mass is 9.99. The second-order valence-corrected chi connectivity index (χ2v) is 9.68. The van der Waals surface area contributed by atoms with Gasteiger partial charge in [-0.15, -0.1) is 0 Å². The molecule has 1 N–H and O–H groups in total. The third-order valence-corrected chi connectivity index (χ3v) is 7.32. The molecule has 0 spiro atoms. The van der Waals surface area contributed by atoms with E-state index in [2.05, 4.69) is 5.32 Å². The zero-order chi connectivity index (χ0) is 24.7. The lowest BCUT2D eigenvalue weighted by Crippen LogP contribution is -2.42. The van der Waals surface area contributed by atoms with Gasteiger partial charge >= 0.3 is 0 Å². The molecule has 0 aliphatic heterocycles. The van der Waals surface area contributed by atoms with Crippen molar-refractivity contribution in [1.29, 1.82) is 0 Å². The maximum absolute atomic E-state index is 13.7. The Bertz CT molecular complexity index is 1320. The number of nitrogens with zero attached hydrogens (tertiary/aromatic N) is 1. The number of methoxy groups -OCH3 is 1. The second kappa shape index (κ2) is 10.9. The summed E-state index contributed by atoms with van der Waals surface area (Å²) in [4.78, 5) is 13.5. The van der Waals surface area contributed by atoms with Crippen LogP contribution in [0.15, 0.2) is 120 Å². The number of para-hydroxylation sites is 2. The summed E-state index contributed by atoms with van der Waals surface area (Å²) in [6.45, 7) is -0.423. The average molecular weight is 487 g/mol. The van der Waals surface area contributed by atoms with Crippen molar-refractivity contribution in [2.24, 2.45) is 0 Å². The van der Waals surface area contributed by atoms with Crippen LogP contribution >= 0.6 is 0 Å². The fourth-order valence-electron chi connectivity index (χ4n) is 3.84. The quantitative estimate of drug-likeness (QED) is 0.369. The Morgan fingerprint density at radius 3 is 1.80 bits per heavy atom. The minimum absolute atomic E-state index is 0.0846. The maximum atomic E-state index is 13.7. The molecular weight excluding hydrogens is 460 g/mol. The van der Waals surface area contributed by atoms with Crippen molar-refractivity contribution in [3.05, 3.63) is 126 Å². The first-order chi connectivity index (χ1) is 17.0. The van der Waals surface area contributed by atoms with E-state index in [-0.39, 0.29) is 10.6 Å². The highest BCUT2D eigenvalue weighted by Gasteiger charge is 2.30. The van der Waals surface area contributed by atoms with E-state index < -0.39 is 28.5 Å². The van der Waals surface area contributed by atoms with Gasteiger partial charge in [0.2, 0.25) is 5.91 Å². The first-order valence-corrected chi connectivity index (χ1v) is 12.5. The zero-order valence-electron chi connectivity index (χ0n) is 19.2. The predicted molar refractivity (Wildman–Crippen MR) is 137 cm³/mol. The van der Waals surface area contributed by atoms with Crippen molar-refractivity contribution in [2.45, 2.75) is 10.9 Å². The van der Waals surface area contributed by atoms with Gasteiger partial charge in [0.1, 0.15) is 12.3 Å². The number of ether oxygens (including phenoxy) is 1. The molecule has 1 amide bonds. The topological polar surface area (TPSA) is 75.7 Å². The monoisotopic (exact) mass is 486 g/mol. The highest BCUT2D eigenvalue weighted by Crippen LogP contribution is 2.32. The molecule has 35 heavy (non-hydrogen) atoms. The summed E-state index contributed by atoms with van der Waals surface area (Å²) in [5.41, 5.74) is 2.06. The van der Waals surface area contributed by atoms with Gasteiger partial charge < -0.3 is 10.1 Å². The molecule has 4 aromatic carbocycles. The van der Waals surface area contributed by atoms with E-state index in [0.717, 1.165) is 15.4 Å². The Kier molecular flexibility index (Phi) is 7.48. The molecule has 4 aromatic rings. The second-order valence-electron chi connectivity index (χ2n) is 7.82. The van der Waals surface area contributed by atoms with Crippen molar-refractivity contribution in [1.82, 2.24) is 5.32 Å². The molecule has 0 aliphatic rings. The van der Waals surface area contributed by atoms with E-state index in [9.17, 15) is 13.2 Å². The minimum Gasteiger partial charge on any atom is -0.495 e. The molecule has 0 unspecified atom stereocenters. The van der Waals surface area contributed by atoms with Gasteiger partial charge in [-0.1, -0.05) is 91.0 Å². The van der Waals surface area contributed by atoms with Crippen LogP contribution in [0, 0.1) is 0 Å². The summed E-state index contributed by atoms with van der Waals surface area (Å²) < 4.78 is 33.8. The van der Waals surface area contributed by atoms with Crippen LogP contribution in [0.25, 0.3) is 0 Å². The van der Waals surface area contributed by atoms with E-state index in [1.807, 2.05) is 60.7 Å². The summed E-state index contributed by atoms with van der Waals surface area (Å²) in [6, 6.07) is 33.5. The van der Waals surface area contributed by atoms with Crippen molar-refractivity contribution in [2.75, 3.05) is 18.0 Å². The summed E-state index contributed by atoms with van der Waals surface area (Å²) >= 11 is 0. The number of carbonyl (C=O) groups is 1. The van der Waals surface area contributed by atoms with E-state index in [4.69, 9.17) is 4.74 Å². The number of hydrogen-bond donors (Lipinski definition) is 1. The third-order valence-electron chi connectivity index (χ3n) is 5.54. The molecular formula is C28H26N2O4S. The SMILES string of the molecule is COc1ccccc1N(CC(=O)NC(c1ccccc1)c1ccccc1)S(=O)(=O)c1ccccc1. The number of amides is 1. The number of sulfonamides is 1. The molecule has 0 bridgehead atoms. The number of nitrogens with one attached hydrogen (secondary N) is 1. The number of carbonyl (C=O) groups excluding carboxylic acids is 1. The molecule has 0 saturated carbocycles. The van der Waals surface area contributed by atoms with Gasteiger partial charge in [-0.05, 0) is 35.4 Å². The smallest absolute Gasteiger partial charge is 0.264 e. The van der Waals surface area contributed by atoms with E-state index >= 15 is 0 Å². The number of anilines is 1. The number of rotatable bonds is 9. The average Bonchev–Trinajstić information content (AvgIpc) is 2.91. The van der Waals surface area contributed by atoms with Crippen LogP contribution in [0.4, 0.5) is 5.69 Å². The zero-order valence-corrected chi connectivity index (χ0v) is 20.1. The molecule has 0 atom stereocenters. The van der Waals surface area contributed by atoms with Gasteiger partial charge in [-0.2, -0.15) is 0 Å². The van der Waals surface area contributed by atoms with Crippen LogP contribution in [-0.4, -0.2) is 28.0 Å². The van der Waals surface area contributed by atoms with Crippen LogP contribution in [-0.2, 0) is 14.8 Å². The van der Waals surface area contributed by atoms with Crippen LogP contribution < -0.4 is 14.4 Å². The highest BCUT2D eigenvalue weighted by atomic mass is 32.2. The lowest BCUT2D eigenvalue weighted by Gasteiger charge is -2.27. The normalized spacial score (nSPS) is 11.1. The molecule has 7 heteroatoms.